The van der Waals surface area contributed by atoms with Gasteiger partial charge in [-0.25, -0.2) is 0 Å². The van der Waals surface area contributed by atoms with Gasteiger partial charge in [0.1, 0.15) is 11.2 Å². The Labute approximate surface area is 93.8 Å². The van der Waals surface area contributed by atoms with E-state index in [1.165, 1.54) is 13.5 Å². The fourth-order valence-corrected chi connectivity index (χ4v) is 2.50. The maximum Gasteiger partial charge on any atom is 0.319 e. The smallest absolute Gasteiger partial charge is 0.319 e. The van der Waals surface area contributed by atoms with Crippen molar-refractivity contribution in [1.82, 2.24) is 14.8 Å². The Morgan fingerprint density at radius 2 is 2.19 bits per heavy atom. The molecule has 0 atom stereocenters. The maximum atomic E-state index is 11.8. The van der Waals surface area contributed by atoms with Crippen molar-refractivity contribution in [1.29, 1.82) is 0 Å². The van der Waals surface area contributed by atoms with E-state index in [2.05, 4.69) is 14.8 Å². The molecule has 0 aromatic carbocycles. The molecule has 1 aliphatic heterocycles. The fraction of sp³-hybridized carbons (Fsp3) is 0.727. The molecule has 2 heterocycles. The van der Waals surface area contributed by atoms with Crippen molar-refractivity contribution >= 4 is 5.97 Å². The van der Waals surface area contributed by atoms with Crippen LogP contribution in [0.5, 0.6) is 0 Å². The van der Waals surface area contributed by atoms with Crippen LogP contribution in [0.25, 0.3) is 0 Å². The fourth-order valence-electron chi connectivity index (χ4n) is 2.50. The van der Waals surface area contributed by atoms with Gasteiger partial charge < -0.3 is 9.30 Å². The third-order valence-electron chi connectivity index (χ3n) is 3.61. The molecule has 0 amide bonds. The largest absolute Gasteiger partial charge is 0.468 e. The molecule has 16 heavy (non-hydrogen) atoms. The number of aromatic nitrogens is 3. The van der Waals surface area contributed by atoms with E-state index in [0.29, 0.717) is 0 Å². The Bertz CT molecular complexity index is 434. The zero-order valence-electron chi connectivity index (χ0n) is 9.40. The molecular weight excluding hydrogens is 206 g/mol. The van der Waals surface area contributed by atoms with E-state index < -0.39 is 5.41 Å². The average molecular weight is 221 g/mol. The molecule has 1 aromatic rings. The van der Waals surface area contributed by atoms with Crippen LogP contribution in [0.1, 0.15) is 37.3 Å². The Morgan fingerprint density at radius 1 is 1.38 bits per heavy atom. The van der Waals surface area contributed by atoms with Crippen molar-refractivity contribution in [3.05, 3.63) is 11.6 Å². The topological polar surface area (TPSA) is 57.0 Å². The first kappa shape index (κ1) is 9.81. The van der Waals surface area contributed by atoms with Gasteiger partial charge in [-0.3, -0.25) is 4.79 Å². The highest BCUT2D eigenvalue weighted by Crippen LogP contribution is 2.48. The average Bonchev–Trinajstić information content (AvgIpc) is 3.02. The van der Waals surface area contributed by atoms with Crippen molar-refractivity contribution in [3.8, 4) is 0 Å². The van der Waals surface area contributed by atoms with E-state index in [9.17, 15) is 4.79 Å². The molecule has 1 saturated carbocycles. The number of ether oxygens (including phenoxy) is 1. The van der Waals surface area contributed by atoms with Crippen molar-refractivity contribution in [2.24, 2.45) is 0 Å². The number of hydrogen-bond donors (Lipinski definition) is 0. The zero-order chi connectivity index (χ0) is 11.2. The van der Waals surface area contributed by atoms with Gasteiger partial charge in [0.2, 0.25) is 0 Å². The number of hydrogen-bond acceptors (Lipinski definition) is 4. The van der Waals surface area contributed by atoms with Crippen LogP contribution >= 0.6 is 0 Å². The first-order valence-electron chi connectivity index (χ1n) is 5.79. The molecule has 5 nitrogen and oxygen atoms in total. The molecule has 0 unspecified atom stereocenters. The third-order valence-corrected chi connectivity index (χ3v) is 3.61. The molecule has 86 valence electrons. The summed E-state index contributed by atoms with van der Waals surface area (Å²) in [5.41, 5.74) is -0.475. The lowest BCUT2D eigenvalue weighted by atomic mass is 10.1. The second-order valence-corrected chi connectivity index (χ2v) is 4.62. The van der Waals surface area contributed by atoms with Crippen LogP contribution in [0.4, 0.5) is 0 Å². The summed E-state index contributed by atoms with van der Waals surface area (Å²) in [5.74, 6) is 1.69. The normalized spacial score (nSPS) is 21.3. The molecule has 5 heteroatoms. The number of fused-ring (bicyclic) bond motifs is 1. The number of carbonyl (C=O) groups is 1. The standard InChI is InChI=1S/C11H15N3O2/c1-16-10(15)11(5-6-11)9-13-12-8-4-2-3-7-14(8)9/h2-7H2,1H3. The third kappa shape index (κ3) is 1.20. The predicted molar refractivity (Wildman–Crippen MR) is 55.9 cm³/mol. The molecule has 1 fully saturated rings. The number of methoxy groups -OCH3 is 1. The molecule has 0 spiro atoms. The van der Waals surface area contributed by atoms with Gasteiger partial charge in [0.15, 0.2) is 5.82 Å². The highest BCUT2D eigenvalue weighted by Gasteiger charge is 2.56. The summed E-state index contributed by atoms with van der Waals surface area (Å²) in [7, 11) is 1.44. The summed E-state index contributed by atoms with van der Waals surface area (Å²) in [5, 5.41) is 8.40. The van der Waals surface area contributed by atoms with E-state index in [0.717, 1.165) is 43.9 Å². The van der Waals surface area contributed by atoms with Crippen LogP contribution in [0, 0.1) is 0 Å². The lowest BCUT2D eigenvalue weighted by Crippen LogP contribution is -2.27. The lowest BCUT2D eigenvalue weighted by Gasteiger charge is -2.18. The van der Waals surface area contributed by atoms with E-state index in [1.807, 2.05) is 0 Å². The molecular formula is C11H15N3O2. The van der Waals surface area contributed by atoms with E-state index in [-0.39, 0.29) is 5.97 Å². The Kier molecular flexibility index (Phi) is 2.02. The molecule has 0 radical (unpaired) electrons. The predicted octanol–water partition coefficient (Wildman–Crippen LogP) is 0.819. The highest BCUT2D eigenvalue weighted by molar-refractivity contribution is 5.85. The van der Waals surface area contributed by atoms with Gasteiger partial charge >= 0.3 is 5.97 Å². The lowest BCUT2D eigenvalue weighted by molar-refractivity contribution is -0.144. The highest BCUT2D eigenvalue weighted by atomic mass is 16.5. The van der Waals surface area contributed by atoms with Crippen molar-refractivity contribution in [2.75, 3.05) is 7.11 Å². The van der Waals surface area contributed by atoms with Crippen LogP contribution in [0.3, 0.4) is 0 Å². The molecule has 1 aliphatic carbocycles. The van der Waals surface area contributed by atoms with Crippen molar-refractivity contribution in [2.45, 2.75) is 44.1 Å². The zero-order valence-corrected chi connectivity index (χ0v) is 9.40. The van der Waals surface area contributed by atoms with Crippen molar-refractivity contribution in [3.63, 3.8) is 0 Å². The summed E-state index contributed by atoms with van der Waals surface area (Å²) in [6, 6.07) is 0. The van der Waals surface area contributed by atoms with Gasteiger partial charge in [-0.2, -0.15) is 0 Å². The van der Waals surface area contributed by atoms with E-state index in [1.54, 1.807) is 0 Å². The SMILES string of the molecule is COC(=O)C1(c2nnc3n2CCCC3)CC1. The minimum Gasteiger partial charge on any atom is -0.468 e. The molecule has 0 bridgehead atoms. The molecule has 3 rings (SSSR count). The monoisotopic (exact) mass is 221 g/mol. The van der Waals surface area contributed by atoms with E-state index in [4.69, 9.17) is 4.74 Å². The quantitative estimate of drug-likeness (QED) is 0.694. The number of carbonyl (C=O) groups excluding carboxylic acids is 1. The summed E-state index contributed by atoms with van der Waals surface area (Å²) in [6.45, 7) is 0.941. The number of nitrogens with zero attached hydrogens (tertiary/aromatic N) is 3. The van der Waals surface area contributed by atoms with Crippen molar-refractivity contribution < 1.29 is 9.53 Å². The van der Waals surface area contributed by atoms with Gasteiger partial charge in [0, 0.05) is 13.0 Å². The van der Waals surface area contributed by atoms with Crippen LogP contribution in [0.2, 0.25) is 0 Å². The Hall–Kier alpha value is -1.39. The van der Waals surface area contributed by atoms with Crippen LogP contribution in [-0.4, -0.2) is 27.8 Å². The van der Waals surface area contributed by atoms with Crippen LogP contribution in [-0.2, 0) is 27.9 Å². The van der Waals surface area contributed by atoms with Gasteiger partial charge in [-0.15, -0.1) is 10.2 Å². The summed E-state index contributed by atoms with van der Waals surface area (Å²) >= 11 is 0. The first-order chi connectivity index (χ1) is 7.78. The number of esters is 1. The number of aryl methyl sites for hydroxylation is 1. The van der Waals surface area contributed by atoms with Crippen LogP contribution < -0.4 is 0 Å². The first-order valence-corrected chi connectivity index (χ1v) is 5.79. The molecule has 0 N–H and O–H groups in total. The Morgan fingerprint density at radius 3 is 2.88 bits per heavy atom. The van der Waals surface area contributed by atoms with Crippen LogP contribution in [0.15, 0.2) is 0 Å². The number of rotatable bonds is 2. The molecule has 1 aromatic heterocycles. The molecule has 0 saturated heterocycles. The van der Waals surface area contributed by atoms with Gasteiger partial charge in [-0.1, -0.05) is 0 Å². The van der Waals surface area contributed by atoms with Gasteiger partial charge in [0.05, 0.1) is 7.11 Å². The van der Waals surface area contributed by atoms with Gasteiger partial charge in [0.25, 0.3) is 0 Å². The second kappa shape index (κ2) is 3.30. The molecule has 2 aliphatic rings. The minimum absolute atomic E-state index is 0.159. The minimum atomic E-state index is -0.475. The van der Waals surface area contributed by atoms with E-state index >= 15 is 0 Å². The van der Waals surface area contributed by atoms with Gasteiger partial charge in [-0.05, 0) is 25.7 Å². The summed E-state index contributed by atoms with van der Waals surface area (Å²) < 4.78 is 6.99. The Balaban J connectivity index is 2.01. The summed E-state index contributed by atoms with van der Waals surface area (Å²) in [6.07, 6.45) is 4.98. The maximum absolute atomic E-state index is 11.8. The second-order valence-electron chi connectivity index (χ2n) is 4.62. The summed E-state index contributed by atoms with van der Waals surface area (Å²) in [4.78, 5) is 11.8.